The first-order valence-corrected chi connectivity index (χ1v) is 25.8. The third kappa shape index (κ3) is 50.4. The van der Waals surface area contributed by atoms with Crippen molar-refractivity contribution in [1.29, 1.82) is 0 Å². The molecule has 0 bridgehead atoms. The third-order valence-corrected chi connectivity index (χ3v) is 10.3. The molecule has 0 spiro atoms. The number of carbonyl (C=O) groups excluding carboxylic acids is 3. The second kappa shape index (κ2) is 52.2. The van der Waals surface area contributed by atoms with Crippen molar-refractivity contribution >= 4 is 17.9 Å². The zero-order valence-corrected chi connectivity index (χ0v) is 41.4. The lowest BCUT2D eigenvalue weighted by atomic mass is 10.1. The second-order valence-corrected chi connectivity index (χ2v) is 16.4. The fourth-order valence-electron chi connectivity index (χ4n) is 6.43. The van der Waals surface area contributed by atoms with Crippen molar-refractivity contribution in [2.75, 3.05) is 13.2 Å². The van der Waals surface area contributed by atoms with E-state index in [0.29, 0.717) is 19.3 Å². The van der Waals surface area contributed by atoms with Crippen molar-refractivity contribution in [2.24, 2.45) is 0 Å². The number of hydrogen-bond acceptors (Lipinski definition) is 6. The summed E-state index contributed by atoms with van der Waals surface area (Å²) in [5.41, 5.74) is 0. The molecular formula is C59H92O6. The van der Waals surface area contributed by atoms with Crippen LogP contribution in [0.2, 0.25) is 0 Å². The van der Waals surface area contributed by atoms with Crippen LogP contribution >= 0.6 is 0 Å². The maximum absolute atomic E-state index is 12.8. The van der Waals surface area contributed by atoms with E-state index in [0.717, 1.165) is 103 Å². The van der Waals surface area contributed by atoms with Crippen LogP contribution in [0.3, 0.4) is 0 Å². The van der Waals surface area contributed by atoms with Crippen LogP contribution in [-0.4, -0.2) is 37.2 Å². The summed E-state index contributed by atoms with van der Waals surface area (Å²) in [6.07, 6.45) is 73.0. The fourth-order valence-corrected chi connectivity index (χ4v) is 6.43. The second-order valence-electron chi connectivity index (χ2n) is 16.4. The molecule has 0 rings (SSSR count). The zero-order chi connectivity index (χ0) is 47.2. The molecule has 0 aliphatic carbocycles. The van der Waals surface area contributed by atoms with Gasteiger partial charge in [0.15, 0.2) is 6.10 Å². The van der Waals surface area contributed by atoms with E-state index >= 15 is 0 Å². The summed E-state index contributed by atoms with van der Waals surface area (Å²) in [6.45, 7) is 6.25. The Morgan fingerprint density at radius 2 is 0.708 bits per heavy atom. The van der Waals surface area contributed by atoms with Crippen molar-refractivity contribution in [2.45, 2.75) is 207 Å². The van der Waals surface area contributed by atoms with Gasteiger partial charge >= 0.3 is 17.9 Å². The number of hydrogen-bond donors (Lipinski definition) is 0. The van der Waals surface area contributed by atoms with E-state index in [2.05, 4.69) is 118 Å². The Hall–Kier alpha value is -4.45. The lowest BCUT2D eigenvalue weighted by molar-refractivity contribution is -0.166. The van der Waals surface area contributed by atoms with Gasteiger partial charge in [0.2, 0.25) is 0 Å². The molecule has 65 heavy (non-hydrogen) atoms. The molecule has 0 fully saturated rings. The monoisotopic (exact) mass is 897 g/mol. The van der Waals surface area contributed by atoms with Crippen LogP contribution in [0.15, 0.2) is 134 Å². The fraction of sp³-hybridized carbons (Fsp3) is 0.576. The van der Waals surface area contributed by atoms with E-state index in [-0.39, 0.29) is 44.0 Å². The predicted octanol–water partition coefficient (Wildman–Crippen LogP) is 17.1. The Labute approximate surface area is 398 Å². The standard InChI is InChI=1S/C59H92O6/c1-4-7-10-13-16-19-22-25-28-31-34-37-40-43-46-49-52-58(61)64-55-56(54-63-57(60)51-48-45-42-39-36-33-30-27-24-21-18-15-12-9-6-3)65-59(62)53-50-47-44-41-38-35-32-29-26-23-20-17-14-11-8-5-2/h7,9-10,12,15-16,18-19,21,24-25,27-30,32,34-35,37-38,43,46,56H,4-6,8,11,13-14,17,20,22-23,26,31,33,36,39-42,44-45,47-55H2,1-3H3/b10-7-,12-9-,18-15-,19-16-,24-21-,28-25-,30-27-,32-29-,37-34-,38-35-,46-43-. The average molecular weight is 897 g/mol. The molecular weight excluding hydrogens is 805 g/mol. The van der Waals surface area contributed by atoms with Gasteiger partial charge in [-0.1, -0.05) is 219 Å². The van der Waals surface area contributed by atoms with Gasteiger partial charge < -0.3 is 14.2 Å². The van der Waals surface area contributed by atoms with Crippen LogP contribution in [0.1, 0.15) is 201 Å². The molecule has 6 nitrogen and oxygen atoms in total. The summed E-state index contributed by atoms with van der Waals surface area (Å²) < 4.78 is 16.7. The van der Waals surface area contributed by atoms with E-state index in [1.54, 1.807) is 0 Å². The van der Waals surface area contributed by atoms with Crippen LogP contribution in [0.25, 0.3) is 0 Å². The zero-order valence-electron chi connectivity index (χ0n) is 41.4. The first kappa shape index (κ1) is 60.5. The Balaban J connectivity index is 4.61. The van der Waals surface area contributed by atoms with Gasteiger partial charge in [0.05, 0.1) is 0 Å². The van der Waals surface area contributed by atoms with Crippen LogP contribution in [-0.2, 0) is 28.6 Å². The number of rotatable bonds is 44. The quantitative estimate of drug-likeness (QED) is 0.0199. The summed E-state index contributed by atoms with van der Waals surface area (Å²) in [5.74, 6) is -1.07. The molecule has 1 unspecified atom stereocenters. The molecule has 0 aromatic rings. The van der Waals surface area contributed by atoms with Gasteiger partial charge in [0.25, 0.3) is 0 Å². The molecule has 0 heterocycles. The van der Waals surface area contributed by atoms with E-state index in [1.165, 1.54) is 44.9 Å². The highest BCUT2D eigenvalue weighted by Crippen LogP contribution is 2.12. The Bertz CT molecular complexity index is 1450. The number of carbonyl (C=O) groups is 3. The molecule has 0 aliphatic heterocycles. The predicted molar refractivity (Wildman–Crippen MR) is 279 cm³/mol. The molecule has 0 aromatic carbocycles. The molecule has 0 aromatic heterocycles. The van der Waals surface area contributed by atoms with Gasteiger partial charge in [0, 0.05) is 19.3 Å². The Morgan fingerprint density at radius 3 is 1.22 bits per heavy atom. The summed E-state index contributed by atoms with van der Waals surface area (Å²) in [4.78, 5) is 38.0. The van der Waals surface area contributed by atoms with Crippen molar-refractivity contribution in [3.8, 4) is 0 Å². The molecule has 0 saturated carbocycles. The number of esters is 3. The first-order chi connectivity index (χ1) is 32.0. The van der Waals surface area contributed by atoms with Crippen molar-refractivity contribution in [3.63, 3.8) is 0 Å². The SMILES string of the molecule is CC\C=C/C=C\C=C/C=C\CCCCCCCC(=O)OCC(COC(=O)CC/C=C\C/C=C\C/C=C\C/C=C\C/C=C\CC)OC(=O)CCCCC/C=C\C=C/CCCCCCCCC. The lowest BCUT2D eigenvalue weighted by Crippen LogP contribution is -2.30. The molecule has 0 saturated heterocycles. The Morgan fingerprint density at radius 1 is 0.338 bits per heavy atom. The number of ether oxygens (including phenoxy) is 3. The Kier molecular flexibility index (Phi) is 48.6. The van der Waals surface area contributed by atoms with Gasteiger partial charge in [-0.15, -0.1) is 0 Å². The molecule has 364 valence electrons. The van der Waals surface area contributed by atoms with Crippen molar-refractivity contribution in [3.05, 3.63) is 134 Å². The van der Waals surface area contributed by atoms with Gasteiger partial charge in [0.1, 0.15) is 13.2 Å². The minimum Gasteiger partial charge on any atom is -0.462 e. The maximum Gasteiger partial charge on any atom is 0.306 e. The highest BCUT2D eigenvalue weighted by atomic mass is 16.6. The summed E-state index contributed by atoms with van der Waals surface area (Å²) in [7, 11) is 0. The van der Waals surface area contributed by atoms with Crippen LogP contribution in [0, 0.1) is 0 Å². The smallest absolute Gasteiger partial charge is 0.306 e. The van der Waals surface area contributed by atoms with Gasteiger partial charge in [-0.25, -0.2) is 0 Å². The van der Waals surface area contributed by atoms with Crippen LogP contribution < -0.4 is 0 Å². The molecule has 1 atom stereocenters. The molecule has 6 heteroatoms. The van der Waals surface area contributed by atoms with Gasteiger partial charge in [-0.05, 0) is 96.3 Å². The minimum absolute atomic E-state index is 0.129. The van der Waals surface area contributed by atoms with Crippen LogP contribution in [0.4, 0.5) is 0 Å². The van der Waals surface area contributed by atoms with E-state index < -0.39 is 6.10 Å². The molecule has 0 aliphatic rings. The third-order valence-electron chi connectivity index (χ3n) is 10.3. The topological polar surface area (TPSA) is 78.9 Å². The highest BCUT2D eigenvalue weighted by molar-refractivity contribution is 5.71. The maximum atomic E-state index is 12.8. The first-order valence-electron chi connectivity index (χ1n) is 25.8. The minimum atomic E-state index is -0.836. The summed E-state index contributed by atoms with van der Waals surface area (Å²) in [6, 6.07) is 0. The van der Waals surface area contributed by atoms with E-state index in [4.69, 9.17) is 14.2 Å². The van der Waals surface area contributed by atoms with Crippen molar-refractivity contribution < 1.29 is 28.6 Å². The lowest BCUT2D eigenvalue weighted by Gasteiger charge is -2.18. The largest absolute Gasteiger partial charge is 0.462 e. The van der Waals surface area contributed by atoms with Crippen LogP contribution in [0.5, 0.6) is 0 Å². The van der Waals surface area contributed by atoms with E-state index in [9.17, 15) is 14.4 Å². The number of allylic oxidation sites excluding steroid dienone is 22. The summed E-state index contributed by atoms with van der Waals surface area (Å²) in [5, 5.41) is 0. The highest BCUT2D eigenvalue weighted by Gasteiger charge is 2.19. The van der Waals surface area contributed by atoms with E-state index in [1.807, 2.05) is 36.5 Å². The molecule has 0 amide bonds. The summed E-state index contributed by atoms with van der Waals surface area (Å²) >= 11 is 0. The van der Waals surface area contributed by atoms with Crippen molar-refractivity contribution in [1.82, 2.24) is 0 Å². The normalized spacial score (nSPS) is 13.2. The van der Waals surface area contributed by atoms with Gasteiger partial charge in [-0.2, -0.15) is 0 Å². The van der Waals surface area contributed by atoms with Gasteiger partial charge in [-0.3, -0.25) is 14.4 Å². The number of unbranched alkanes of at least 4 members (excludes halogenated alkanes) is 15. The molecule has 0 N–H and O–H groups in total. The molecule has 0 radical (unpaired) electrons. The average Bonchev–Trinajstić information content (AvgIpc) is 3.30.